The number of ether oxygens (including phenoxy) is 1. The molecule has 0 atom stereocenters. The molecule has 0 aromatic heterocycles. The first-order valence-corrected chi connectivity index (χ1v) is 20.9. The number of anilines is 2. The summed E-state index contributed by atoms with van der Waals surface area (Å²) in [6.07, 6.45) is 5.15. The van der Waals surface area contributed by atoms with Crippen molar-refractivity contribution in [3.63, 3.8) is 0 Å². The van der Waals surface area contributed by atoms with Crippen molar-refractivity contribution in [3.8, 4) is 5.75 Å². The van der Waals surface area contributed by atoms with Gasteiger partial charge in [0.1, 0.15) is 0 Å². The fourth-order valence-corrected chi connectivity index (χ4v) is 7.90. The fourth-order valence-electron chi connectivity index (χ4n) is 5.18. The van der Waals surface area contributed by atoms with Crippen molar-refractivity contribution < 1.29 is 26.7 Å². The Kier molecular flexibility index (Phi) is 12.5. The van der Waals surface area contributed by atoms with Crippen molar-refractivity contribution in [1.82, 2.24) is 4.31 Å². The fraction of sp³-hybridized carbons (Fsp3) is 0.333. The van der Waals surface area contributed by atoms with Crippen LogP contribution in [0.25, 0.3) is 0 Å². The first-order chi connectivity index (χ1) is 20.1. The van der Waals surface area contributed by atoms with E-state index in [4.69, 9.17) is 24.1 Å². The van der Waals surface area contributed by atoms with E-state index in [2.05, 4.69) is 94.7 Å². The van der Waals surface area contributed by atoms with Gasteiger partial charge < -0.3 is 9.80 Å². The molecule has 0 amide bonds. The van der Waals surface area contributed by atoms with E-state index in [1.165, 1.54) is 64.9 Å². The second-order valence-electron chi connectivity index (χ2n) is 10.9. The van der Waals surface area contributed by atoms with E-state index in [0.29, 0.717) is 17.9 Å². The molecular weight excluding hydrogens is 690 g/mol. The van der Waals surface area contributed by atoms with Crippen molar-refractivity contribution in [2.24, 2.45) is 0 Å². The van der Waals surface area contributed by atoms with Crippen LogP contribution in [0, 0.1) is 48.2 Å². The molecule has 0 fully saturated rings. The van der Waals surface area contributed by atoms with Crippen LogP contribution in [-0.4, -0.2) is 38.0 Å². The molecule has 1 aliphatic heterocycles. The number of hydrogen-bond acceptors (Lipinski definition) is 5. The smallest absolute Gasteiger partial charge is 0.0184 e. The molecule has 1 heterocycles. The second kappa shape index (κ2) is 15.2. The van der Waals surface area contributed by atoms with E-state index >= 15 is 0 Å². The standard InChI is InChI=1S/C21H25N2.C12H17NO3S.2ClH.Ru/c1-14-9-16(3)20(17(4)10-14)22-7-8-23(13-22)21-18(5)11-15(2)12-19(21)6;1-5-8-16-12-7-6-11(9-10(12)2)17(14,15)13(3)4;;;/h7-13H,1-6H3;2,6-7,9H,5,8H2,1,3-4H3;2*1H;/q-1;;;;+2/p-2. The van der Waals surface area contributed by atoms with Gasteiger partial charge in [-0.3, -0.25) is 0 Å². The van der Waals surface area contributed by atoms with Gasteiger partial charge in [-0.05, 0) is 76.2 Å². The van der Waals surface area contributed by atoms with Gasteiger partial charge in [-0.15, -0.1) is 6.67 Å². The van der Waals surface area contributed by atoms with Gasteiger partial charge in [-0.25, -0.2) is 0 Å². The first kappa shape index (κ1) is 35.3. The molecule has 0 aliphatic carbocycles. The van der Waals surface area contributed by atoms with E-state index in [9.17, 15) is 8.42 Å². The summed E-state index contributed by atoms with van der Waals surface area (Å²) in [5.74, 6) is 0.601. The summed E-state index contributed by atoms with van der Waals surface area (Å²) in [6, 6.07) is 13.7. The predicted molar refractivity (Wildman–Crippen MR) is 180 cm³/mol. The Morgan fingerprint density at radius 3 is 1.70 bits per heavy atom. The summed E-state index contributed by atoms with van der Waals surface area (Å²) in [5.41, 5.74) is 11.0. The maximum absolute atomic E-state index is 12.1. The summed E-state index contributed by atoms with van der Waals surface area (Å²) in [7, 11) is 11.3. The maximum Gasteiger partial charge on any atom is 0.0184 e. The summed E-state index contributed by atoms with van der Waals surface area (Å²) in [4.78, 5) is 4.65. The normalized spacial score (nSPS) is 13.3. The van der Waals surface area contributed by atoms with Crippen LogP contribution in [0.4, 0.5) is 11.4 Å². The number of sulfonamides is 1. The van der Waals surface area contributed by atoms with Crippen LogP contribution in [0.1, 0.15) is 52.3 Å². The molecule has 1 aliphatic rings. The Morgan fingerprint density at radius 2 is 1.30 bits per heavy atom. The number of nitrogens with zero attached hydrogens (tertiary/aromatic N) is 3. The Labute approximate surface area is 271 Å². The molecule has 0 bridgehead atoms. The van der Waals surface area contributed by atoms with Gasteiger partial charge in [0, 0.05) is 11.4 Å². The molecule has 43 heavy (non-hydrogen) atoms. The van der Waals surface area contributed by atoms with E-state index in [-0.39, 0.29) is 4.90 Å². The van der Waals surface area contributed by atoms with Gasteiger partial charge >= 0.3 is 133 Å². The number of hydrogen-bond donors (Lipinski definition) is 0. The average molecular weight is 733 g/mol. The Bertz CT molecular complexity index is 1520. The molecule has 0 saturated heterocycles. The minimum Gasteiger partial charge on any atom is -0.479 e. The van der Waals surface area contributed by atoms with Crippen LogP contribution in [0.3, 0.4) is 0 Å². The SMILES string of the molecule is CCCOc1ccc(S(=O)(=O)N(C)C)cc1[CH]=[Ru]([Cl])[Cl].Cc1cc(C)c(N2C=CN(c3c(C)cc(C)cc3C)[CH-]2)c(C)c1. The molecule has 236 valence electrons. The van der Waals surface area contributed by atoms with Crippen LogP contribution >= 0.6 is 19.4 Å². The Morgan fingerprint density at radius 1 is 0.837 bits per heavy atom. The van der Waals surface area contributed by atoms with E-state index in [1.807, 2.05) is 6.92 Å². The molecule has 4 rings (SSSR count). The minimum absolute atomic E-state index is 0.196. The zero-order chi connectivity index (χ0) is 32.1. The summed E-state index contributed by atoms with van der Waals surface area (Å²) < 4.78 is 32.7. The van der Waals surface area contributed by atoms with Gasteiger partial charge in [0.05, 0.1) is 0 Å². The van der Waals surface area contributed by atoms with Crippen LogP contribution < -0.4 is 14.5 Å². The van der Waals surface area contributed by atoms with Crippen molar-refractivity contribution in [3.05, 3.63) is 100 Å². The molecule has 0 saturated carbocycles. The molecule has 3 aromatic carbocycles. The summed E-state index contributed by atoms with van der Waals surface area (Å²) >= 11 is -2.07. The molecule has 6 nitrogen and oxygen atoms in total. The van der Waals surface area contributed by atoms with Crippen LogP contribution in [0.15, 0.2) is 59.8 Å². The largest absolute Gasteiger partial charge is 0.479 e. The Hall–Kier alpha value is -2.22. The zero-order valence-electron chi connectivity index (χ0n) is 26.3. The van der Waals surface area contributed by atoms with Crippen LogP contribution in [0.5, 0.6) is 5.75 Å². The van der Waals surface area contributed by atoms with Crippen molar-refractivity contribution in [2.45, 2.75) is 59.8 Å². The number of benzene rings is 3. The third kappa shape index (κ3) is 8.92. The third-order valence-corrected chi connectivity index (χ3v) is 10.5. The Balaban J connectivity index is 0.000000238. The molecule has 0 radical (unpaired) electrons. The van der Waals surface area contributed by atoms with Gasteiger partial charge in [0.2, 0.25) is 0 Å². The van der Waals surface area contributed by atoms with Crippen LogP contribution in [-0.2, 0) is 23.5 Å². The maximum atomic E-state index is 12.1. The topological polar surface area (TPSA) is 53.1 Å². The first-order valence-electron chi connectivity index (χ1n) is 13.9. The van der Waals surface area contributed by atoms with Crippen molar-refractivity contribution in [1.29, 1.82) is 0 Å². The molecular formula is C33H42Cl2N3O3RuS-. The minimum atomic E-state index is -3.48. The molecule has 3 aromatic rings. The van der Waals surface area contributed by atoms with E-state index in [0.717, 1.165) is 10.7 Å². The molecule has 0 N–H and O–H groups in total. The van der Waals surface area contributed by atoms with E-state index < -0.39 is 23.5 Å². The van der Waals surface area contributed by atoms with Gasteiger partial charge in [0.25, 0.3) is 0 Å². The average Bonchev–Trinajstić information content (AvgIpc) is 3.35. The summed E-state index contributed by atoms with van der Waals surface area (Å²) in [6.45, 7) is 17.8. The van der Waals surface area contributed by atoms with Gasteiger partial charge in [0.15, 0.2) is 0 Å². The van der Waals surface area contributed by atoms with Crippen molar-refractivity contribution in [2.75, 3.05) is 30.5 Å². The number of aryl methyl sites for hydroxylation is 6. The van der Waals surface area contributed by atoms with E-state index in [1.54, 1.807) is 16.7 Å². The van der Waals surface area contributed by atoms with Crippen LogP contribution in [0.2, 0.25) is 0 Å². The molecule has 0 unspecified atom stereocenters. The molecule has 10 heteroatoms. The quantitative estimate of drug-likeness (QED) is 0.173. The van der Waals surface area contributed by atoms with Gasteiger partial charge in [-0.2, -0.15) is 0 Å². The molecule has 0 spiro atoms. The monoisotopic (exact) mass is 732 g/mol. The summed E-state index contributed by atoms with van der Waals surface area (Å²) in [5, 5.41) is 0. The zero-order valence-corrected chi connectivity index (χ0v) is 30.4. The number of halogens is 2. The second-order valence-corrected chi connectivity index (χ2v) is 18.7. The third-order valence-electron chi connectivity index (χ3n) is 6.83. The van der Waals surface area contributed by atoms with Crippen molar-refractivity contribution >= 4 is 45.4 Å². The van der Waals surface area contributed by atoms with Gasteiger partial charge in [-0.1, -0.05) is 35.4 Å². The number of rotatable bonds is 8. The predicted octanol–water partition coefficient (Wildman–Crippen LogP) is 8.26.